The van der Waals surface area contributed by atoms with Crippen LogP contribution < -0.4 is 4.74 Å². The van der Waals surface area contributed by atoms with Gasteiger partial charge in [-0.3, -0.25) is 15.1 Å². The van der Waals surface area contributed by atoms with Crippen LogP contribution in [0.15, 0.2) is 60.8 Å². The predicted molar refractivity (Wildman–Crippen MR) is 99.6 cm³/mol. The van der Waals surface area contributed by atoms with Gasteiger partial charge in [0, 0.05) is 23.0 Å². The number of aryl methyl sites for hydroxylation is 1. The summed E-state index contributed by atoms with van der Waals surface area (Å²) < 4.78 is 5.21. The van der Waals surface area contributed by atoms with Gasteiger partial charge in [0.05, 0.1) is 24.2 Å². The Balaban J connectivity index is 1.75. The summed E-state index contributed by atoms with van der Waals surface area (Å²) in [7, 11) is 1.65. The van der Waals surface area contributed by atoms with Crippen LogP contribution in [0.5, 0.6) is 5.75 Å². The largest absolute Gasteiger partial charge is 0.497 e. The lowest BCUT2D eigenvalue weighted by molar-refractivity contribution is 0.415. The van der Waals surface area contributed by atoms with Crippen LogP contribution in [-0.2, 0) is 0 Å². The summed E-state index contributed by atoms with van der Waals surface area (Å²) >= 11 is 0. The minimum Gasteiger partial charge on any atom is -0.497 e. The Kier molecular flexibility index (Phi) is 4.15. The summed E-state index contributed by atoms with van der Waals surface area (Å²) in [5, 5.41) is 11.2. The van der Waals surface area contributed by atoms with Gasteiger partial charge in [-0.2, -0.15) is 0 Å². The highest BCUT2D eigenvalue weighted by Gasteiger charge is 2.14. The fraction of sp³-hybridized carbons (Fsp3) is 0.100. The molecule has 26 heavy (non-hydrogen) atoms. The molecule has 0 amide bonds. The van der Waals surface area contributed by atoms with E-state index in [1.54, 1.807) is 13.3 Å². The van der Waals surface area contributed by atoms with Gasteiger partial charge in [-0.15, -0.1) is 5.10 Å². The molecule has 128 valence electrons. The van der Waals surface area contributed by atoms with Crippen molar-refractivity contribution in [3.63, 3.8) is 0 Å². The van der Waals surface area contributed by atoms with E-state index in [0.29, 0.717) is 0 Å². The van der Waals surface area contributed by atoms with Gasteiger partial charge in [-0.1, -0.05) is 11.3 Å². The molecular formula is C20H17N5O. The lowest BCUT2D eigenvalue weighted by Crippen LogP contribution is -1.91. The molecule has 0 aliphatic rings. The van der Waals surface area contributed by atoms with Crippen LogP contribution in [0.3, 0.4) is 0 Å². The average Bonchev–Trinajstić information content (AvgIpc) is 3.18. The summed E-state index contributed by atoms with van der Waals surface area (Å²) in [5.74, 6) is 0.815. The number of nitrogens with one attached hydrogen (secondary N) is 1. The lowest BCUT2D eigenvalue weighted by atomic mass is 10.1. The Bertz CT molecular complexity index is 1040. The molecule has 0 aliphatic heterocycles. The van der Waals surface area contributed by atoms with Gasteiger partial charge in [0.1, 0.15) is 11.4 Å². The molecule has 0 unspecified atom stereocenters. The Hall–Kier alpha value is -3.54. The molecule has 3 aromatic heterocycles. The fourth-order valence-corrected chi connectivity index (χ4v) is 2.79. The van der Waals surface area contributed by atoms with Gasteiger partial charge in [0.25, 0.3) is 0 Å². The maximum Gasteiger partial charge on any atom is 0.139 e. The first-order chi connectivity index (χ1) is 12.7. The molecule has 3 heterocycles. The van der Waals surface area contributed by atoms with E-state index in [-0.39, 0.29) is 0 Å². The van der Waals surface area contributed by atoms with Crippen LogP contribution in [0.4, 0.5) is 0 Å². The summed E-state index contributed by atoms with van der Waals surface area (Å²) in [6.07, 6.45) is 1.78. The van der Waals surface area contributed by atoms with E-state index in [1.165, 1.54) is 0 Å². The molecule has 4 aromatic rings. The van der Waals surface area contributed by atoms with Crippen molar-refractivity contribution >= 4 is 0 Å². The second-order valence-corrected chi connectivity index (χ2v) is 5.86. The molecule has 0 fully saturated rings. The Morgan fingerprint density at radius 2 is 1.77 bits per heavy atom. The van der Waals surface area contributed by atoms with Crippen molar-refractivity contribution in [2.24, 2.45) is 0 Å². The van der Waals surface area contributed by atoms with Crippen molar-refractivity contribution in [2.75, 3.05) is 7.11 Å². The Morgan fingerprint density at radius 3 is 2.54 bits per heavy atom. The second kappa shape index (κ2) is 6.76. The average molecular weight is 343 g/mol. The third-order valence-electron chi connectivity index (χ3n) is 4.11. The quantitative estimate of drug-likeness (QED) is 0.608. The predicted octanol–water partition coefficient (Wildman–Crippen LogP) is 3.91. The van der Waals surface area contributed by atoms with Crippen LogP contribution in [0.1, 0.15) is 5.69 Å². The summed E-state index contributed by atoms with van der Waals surface area (Å²) in [6.45, 7) is 1.96. The van der Waals surface area contributed by atoms with Crippen LogP contribution in [0, 0.1) is 6.92 Å². The molecule has 1 aromatic carbocycles. The topological polar surface area (TPSA) is 76.6 Å². The number of H-pyrrole nitrogens is 1. The van der Waals surface area contributed by atoms with Gasteiger partial charge >= 0.3 is 0 Å². The zero-order valence-corrected chi connectivity index (χ0v) is 14.5. The number of aromatic amines is 1. The molecule has 4 rings (SSSR count). The standard InChI is InChI=1S/C20H17N5O/c1-13-4-3-5-17(22-13)20-19(23-25-24-20)15-10-11-21-18(12-15)14-6-8-16(26-2)9-7-14/h3-12H,1-2H3,(H,23,24,25). The number of pyridine rings is 2. The first-order valence-corrected chi connectivity index (χ1v) is 8.20. The van der Waals surface area contributed by atoms with Crippen molar-refractivity contribution in [1.29, 1.82) is 0 Å². The third-order valence-corrected chi connectivity index (χ3v) is 4.11. The second-order valence-electron chi connectivity index (χ2n) is 5.86. The number of benzene rings is 1. The summed E-state index contributed by atoms with van der Waals surface area (Å²) in [4.78, 5) is 9.03. The number of hydrogen-bond acceptors (Lipinski definition) is 5. The van der Waals surface area contributed by atoms with E-state index >= 15 is 0 Å². The molecule has 0 radical (unpaired) electrons. The van der Waals surface area contributed by atoms with Crippen LogP contribution in [0.25, 0.3) is 33.9 Å². The van der Waals surface area contributed by atoms with E-state index < -0.39 is 0 Å². The van der Waals surface area contributed by atoms with Crippen LogP contribution >= 0.6 is 0 Å². The summed E-state index contributed by atoms with van der Waals surface area (Å²) in [5.41, 5.74) is 6.09. The van der Waals surface area contributed by atoms with E-state index in [0.717, 1.165) is 45.3 Å². The first-order valence-electron chi connectivity index (χ1n) is 8.20. The van der Waals surface area contributed by atoms with Gasteiger partial charge in [0.2, 0.25) is 0 Å². The van der Waals surface area contributed by atoms with Crippen molar-refractivity contribution in [1.82, 2.24) is 25.4 Å². The van der Waals surface area contributed by atoms with Crippen molar-refractivity contribution < 1.29 is 4.74 Å². The molecule has 1 N–H and O–H groups in total. The highest BCUT2D eigenvalue weighted by Crippen LogP contribution is 2.29. The van der Waals surface area contributed by atoms with E-state index in [9.17, 15) is 0 Å². The number of aromatic nitrogens is 5. The smallest absolute Gasteiger partial charge is 0.139 e. The highest BCUT2D eigenvalue weighted by molar-refractivity contribution is 5.78. The molecule has 6 heteroatoms. The maximum absolute atomic E-state index is 5.21. The number of methoxy groups -OCH3 is 1. The van der Waals surface area contributed by atoms with Crippen molar-refractivity contribution in [2.45, 2.75) is 6.92 Å². The van der Waals surface area contributed by atoms with E-state index in [2.05, 4.69) is 25.4 Å². The molecule has 0 saturated heterocycles. The lowest BCUT2D eigenvalue weighted by Gasteiger charge is -2.06. The maximum atomic E-state index is 5.21. The van der Waals surface area contributed by atoms with Crippen molar-refractivity contribution in [3.05, 3.63) is 66.5 Å². The molecule has 6 nitrogen and oxygen atoms in total. The fourth-order valence-electron chi connectivity index (χ4n) is 2.79. The SMILES string of the molecule is COc1ccc(-c2cc(-c3[nH]nnc3-c3cccc(C)n3)ccn2)cc1. The minimum absolute atomic E-state index is 0.723. The van der Waals surface area contributed by atoms with E-state index in [1.807, 2.05) is 61.5 Å². The molecule has 0 atom stereocenters. The van der Waals surface area contributed by atoms with Crippen molar-refractivity contribution in [3.8, 4) is 39.7 Å². The molecule has 0 spiro atoms. The van der Waals surface area contributed by atoms with Gasteiger partial charge < -0.3 is 4.74 Å². The third kappa shape index (κ3) is 3.04. The van der Waals surface area contributed by atoms with Gasteiger partial charge in [-0.25, -0.2) is 0 Å². The number of nitrogens with zero attached hydrogens (tertiary/aromatic N) is 4. The molecule has 0 bridgehead atoms. The minimum atomic E-state index is 0.723. The number of hydrogen-bond donors (Lipinski definition) is 1. The monoisotopic (exact) mass is 343 g/mol. The van der Waals surface area contributed by atoms with Crippen LogP contribution in [-0.4, -0.2) is 32.5 Å². The number of rotatable bonds is 4. The Morgan fingerprint density at radius 1 is 0.923 bits per heavy atom. The zero-order chi connectivity index (χ0) is 17.9. The summed E-state index contributed by atoms with van der Waals surface area (Å²) in [6, 6.07) is 17.6. The molecule has 0 aliphatic carbocycles. The van der Waals surface area contributed by atoms with Gasteiger partial charge in [-0.05, 0) is 55.5 Å². The molecular weight excluding hydrogens is 326 g/mol. The normalized spacial score (nSPS) is 10.7. The number of ether oxygens (including phenoxy) is 1. The molecule has 0 saturated carbocycles. The first kappa shape index (κ1) is 16.0. The van der Waals surface area contributed by atoms with E-state index in [4.69, 9.17) is 4.74 Å². The highest BCUT2D eigenvalue weighted by atomic mass is 16.5. The zero-order valence-electron chi connectivity index (χ0n) is 14.5. The van der Waals surface area contributed by atoms with Gasteiger partial charge in [0.15, 0.2) is 0 Å². The Labute approximate surface area is 150 Å². The van der Waals surface area contributed by atoms with Crippen LogP contribution in [0.2, 0.25) is 0 Å².